The van der Waals surface area contributed by atoms with E-state index in [4.69, 9.17) is 18.9 Å². The smallest absolute Gasteiger partial charge is 0.195 e. The van der Waals surface area contributed by atoms with Crippen molar-refractivity contribution in [2.45, 2.75) is 20.3 Å². The first-order valence-corrected chi connectivity index (χ1v) is 8.68. The molecular weight excluding hydrogens is 322 g/mol. The lowest BCUT2D eigenvalue weighted by atomic mass is 10.2. The van der Waals surface area contributed by atoms with Gasteiger partial charge in [0.05, 0.1) is 26.9 Å². The van der Waals surface area contributed by atoms with Gasteiger partial charge in [0.2, 0.25) is 0 Å². The molecule has 2 N–H and O–H groups in total. The Hall–Kier alpha value is -1.99. The average Bonchev–Trinajstić information content (AvgIpc) is 2.61. The van der Waals surface area contributed by atoms with Gasteiger partial charge in [-0.3, -0.25) is 4.99 Å². The molecule has 7 heteroatoms. The molecule has 0 aliphatic carbocycles. The van der Waals surface area contributed by atoms with Gasteiger partial charge in [-0.15, -0.1) is 0 Å². The van der Waals surface area contributed by atoms with Crippen LogP contribution in [0, 0.1) is 0 Å². The predicted molar refractivity (Wildman–Crippen MR) is 101 cm³/mol. The summed E-state index contributed by atoms with van der Waals surface area (Å²) < 4.78 is 21.3. The monoisotopic (exact) mass is 353 g/mol. The second-order valence-corrected chi connectivity index (χ2v) is 5.14. The third-order valence-electron chi connectivity index (χ3n) is 3.22. The van der Waals surface area contributed by atoms with E-state index in [9.17, 15) is 0 Å². The molecule has 0 atom stereocenters. The van der Waals surface area contributed by atoms with E-state index in [2.05, 4.69) is 15.6 Å². The van der Waals surface area contributed by atoms with Crippen LogP contribution in [0.5, 0.6) is 11.5 Å². The summed E-state index contributed by atoms with van der Waals surface area (Å²) in [4.78, 5) is 4.56. The number of rotatable bonds is 12. The van der Waals surface area contributed by atoms with Crippen LogP contribution in [0.15, 0.2) is 23.2 Å². The zero-order valence-electron chi connectivity index (χ0n) is 15.8. The first kappa shape index (κ1) is 21.1. The molecule has 0 aliphatic rings. The Morgan fingerprint density at radius 1 is 1.08 bits per heavy atom. The topological polar surface area (TPSA) is 73.3 Å². The van der Waals surface area contributed by atoms with Crippen molar-refractivity contribution in [1.82, 2.24) is 5.32 Å². The Kier molecular flexibility index (Phi) is 11.2. The first-order chi connectivity index (χ1) is 12.2. The number of hydrogen-bond donors (Lipinski definition) is 2. The quantitative estimate of drug-likeness (QED) is 0.342. The van der Waals surface area contributed by atoms with E-state index < -0.39 is 0 Å². The molecule has 25 heavy (non-hydrogen) atoms. The second-order valence-electron chi connectivity index (χ2n) is 5.14. The van der Waals surface area contributed by atoms with E-state index in [1.165, 1.54) is 0 Å². The number of ether oxygens (including phenoxy) is 4. The van der Waals surface area contributed by atoms with Gasteiger partial charge in [0.25, 0.3) is 0 Å². The third-order valence-corrected chi connectivity index (χ3v) is 3.22. The summed E-state index contributed by atoms with van der Waals surface area (Å²) in [6.07, 6.45) is 0.854. The van der Waals surface area contributed by atoms with Crippen LogP contribution in [0.2, 0.25) is 0 Å². The van der Waals surface area contributed by atoms with Crippen LogP contribution in [0.25, 0.3) is 0 Å². The van der Waals surface area contributed by atoms with Crippen LogP contribution in [0.3, 0.4) is 0 Å². The highest BCUT2D eigenvalue weighted by Gasteiger charge is 2.06. The zero-order chi connectivity index (χ0) is 18.3. The van der Waals surface area contributed by atoms with Gasteiger partial charge in [-0.2, -0.15) is 0 Å². The number of hydrogen-bond acceptors (Lipinski definition) is 5. The molecule has 0 heterocycles. The van der Waals surface area contributed by atoms with E-state index in [0.29, 0.717) is 44.5 Å². The summed E-state index contributed by atoms with van der Waals surface area (Å²) in [6.45, 7) is 7.92. The lowest BCUT2D eigenvalue weighted by molar-refractivity contribution is 0.0702. The second kappa shape index (κ2) is 13.3. The molecule has 0 radical (unpaired) electrons. The molecule has 142 valence electrons. The van der Waals surface area contributed by atoms with Gasteiger partial charge in [-0.05, 0) is 32.4 Å². The maximum atomic E-state index is 5.60. The van der Waals surface area contributed by atoms with Crippen LogP contribution in [0.4, 0.5) is 5.69 Å². The Labute approximate surface area is 150 Å². The highest BCUT2D eigenvalue weighted by molar-refractivity contribution is 5.93. The van der Waals surface area contributed by atoms with Crippen molar-refractivity contribution >= 4 is 11.6 Å². The number of anilines is 1. The SMILES string of the molecule is CCNC(=NCCCOCCOC)Nc1ccc(OC)c(OCC)c1. The lowest BCUT2D eigenvalue weighted by Gasteiger charge is -2.14. The van der Waals surface area contributed by atoms with E-state index in [1.54, 1.807) is 14.2 Å². The first-order valence-electron chi connectivity index (χ1n) is 8.68. The Morgan fingerprint density at radius 2 is 1.92 bits per heavy atom. The van der Waals surface area contributed by atoms with Gasteiger partial charge in [0.1, 0.15) is 0 Å². The zero-order valence-corrected chi connectivity index (χ0v) is 15.8. The summed E-state index contributed by atoms with van der Waals surface area (Å²) >= 11 is 0. The van der Waals surface area contributed by atoms with Gasteiger partial charge < -0.3 is 29.6 Å². The number of aliphatic imine (C=N–C) groups is 1. The van der Waals surface area contributed by atoms with Crippen molar-refractivity contribution in [2.75, 3.05) is 59.1 Å². The summed E-state index contributed by atoms with van der Waals surface area (Å²) in [7, 11) is 3.29. The van der Waals surface area contributed by atoms with E-state index in [-0.39, 0.29) is 0 Å². The minimum absolute atomic E-state index is 0.580. The fraction of sp³-hybridized carbons (Fsp3) is 0.611. The predicted octanol–water partition coefficient (Wildman–Crippen LogP) is 2.52. The Balaban J connectivity index is 2.58. The molecule has 0 amide bonds. The highest BCUT2D eigenvalue weighted by atomic mass is 16.5. The number of guanidine groups is 1. The minimum Gasteiger partial charge on any atom is -0.493 e. The third kappa shape index (κ3) is 8.60. The molecule has 1 aromatic carbocycles. The standard InChI is InChI=1S/C18H31N3O4/c1-5-19-18(20-10-7-11-24-13-12-22-3)21-15-8-9-16(23-4)17(14-15)25-6-2/h8-9,14H,5-7,10-13H2,1-4H3,(H2,19,20,21). The van der Waals surface area contributed by atoms with Gasteiger partial charge in [0, 0.05) is 38.6 Å². The van der Waals surface area contributed by atoms with Gasteiger partial charge >= 0.3 is 0 Å². The normalized spacial score (nSPS) is 11.3. The van der Waals surface area contributed by atoms with Gasteiger partial charge in [0.15, 0.2) is 17.5 Å². The van der Waals surface area contributed by atoms with Crippen molar-refractivity contribution in [1.29, 1.82) is 0 Å². The van der Waals surface area contributed by atoms with Crippen molar-refractivity contribution in [3.8, 4) is 11.5 Å². The molecule has 0 saturated carbocycles. The fourth-order valence-electron chi connectivity index (χ4n) is 2.07. The van der Waals surface area contributed by atoms with Crippen LogP contribution >= 0.6 is 0 Å². The summed E-state index contributed by atoms with van der Waals surface area (Å²) in [6, 6.07) is 5.71. The molecule has 0 saturated heterocycles. The summed E-state index contributed by atoms with van der Waals surface area (Å²) in [5.74, 6) is 2.15. The molecule has 1 aromatic rings. The molecule has 0 fully saturated rings. The van der Waals surface area contributed by atoms with Crippen LogP contribution in [-0.2, 0) is 9.47 Å². The number of nitrogens with zero attached hydrogens (tertiary/aromatic N) is 1. The van der Waals surface area contributed by atoms with Crippen LogP contribution < -0.4 is 20.1 Å². The molecule has 1 rings (SSSR count). The summed E-state index contributed by atoms with van der Waals surface area (Å²) in [5, 5.41) is 6.51. The van der Waals surface area contributed by atoms with Crippen LogP contribution in [-0.4, -0.2) is 59.7 Å². The average molecular weight is 353 g/mol. The lowest BCUT2D eigenvalue weighted by Crippen LogP contribution is -2.30. The molecular formula is C18H31N3O4. The maximum absolute atomic E-state index is 5.60. The molecule has 7 nitrogen and oxygen atoms in total. The van der Waals surface area contributed by atoms with Crippen molar-refractivity contribution < 1.29 is 18.9 Å². The van der Waals surface area contributed by atoms with E-state index in [1.807, 2.05) is 32.0 Å². The molecule has 0 aliphatic heterocycles. The Bertz CT molecular complexity index is 509. The van der Waals surface area contributed by atoms with Crippen molar-refractivity contribution in [2.24, 2.45) is 4.99 Å². The van der Waals surface area contributed by atoms with Gasteiger partial charge in [-0.1, -0.05) is 0 Å². The minimum atomic E-state index is 0.580. The van der Waals surface area contributed by atoms with E-state index in [0.717, 1.165) is 24.6 Å². The molecule has 0 spiro atoms. The Morgan fingerprint density at radius 3 is 2.60 bits per heavy atom. The highest BCUT2D eigenvalue weighted by Crippen LogP contribution is 2.30. The molecule has 0 bridgehead atoms. The van der Waals surface area contributed by atoms with Crippen molar-refractivity contribution in [3.63, 3.8) is 0 Å². The molecule has 0 aromatic heterocycles. The van der Waals surface area contributed by atoms with Crippen LogP contribution in [0.1, 0.15) is 20.3 Å². The largest absolute Gasteiger partial charge is 0.493 e. The summed E-state index contributed by atoms with van der Waals surface area (Å²) in [5.41, 5.74) is 0.889. The maximum Gasteiger partial charge on any atom is 0.195 e. The number of benzene rings is 1. The van der Waals surface area contributed by atoms with E-state index >= 15 is 0 Å². The number of nitrogens with one attached hydrogen (secondary N) is 2. The number of methoxy groups -OCH3 is 2. The fourth-order valence-corrected chi connectivity index (χ4v) is 2.07. The molecule has 0 unspecified atom stereocenters. The van der Waals surface area contributed by atoms with Crippen molar-refractivity contribution in [3.05, 3.63) is 18.2 Å². The van der Waals surface area contributed by atoms with Gasteiger partial charge in [-0.25, -0.2) is 0 Å².